The van der Waals surface area contributed by atoms with E-state index >= 15 is 0 Å². The van der Waals surface area contributed by atoms with Gasteiger partial charge in [0.25, 0.3) is 0 Å². The lowest BCUT2D eigenvalue weighted by Gasteiger charge is -1.88. The molecule has 3 nitrogen and oxygen atoms in total. The number of rotatable bonds is 3. The lowest BCUT2D eigenvalue weighted by atomic mass is 10.3. The van der Waals surface area contributed by atoms with Crippen molar-refractivity contribution in [3.8, 4) is 0 Å². The average molecular weight is 160 g/mol. The Labute approximate surface area is 63.0 Å². The van der Waals surface area contributed by atoms with Crippen molar-refractivity contribution < 1.29 is 9.21 Å². The molecule has 0 aliphatic rings. The van der Waals surface area contributed by atoms with Gasteiger partial charge in [0.2, 0.25) is 5.89 Å². The summed E-state index contributed by atoms with van der Waals surface area (Å²) in [6.45, 7) is 0. The molecule has 10 heavy (non-hydrogen) atoms. The molecule has 0 unspecified atom stereocenters. The molecule has 0 saturated heterocycles. The van der Waals surface area contributed by atoms with Gasteiger partial charge in [0, 0.05) is 0 Å². The zero-order valence-corrected chi connectivity index (χ0v) is 5.97. The molecule has 4 heteroatoms. The molecule has 1 rings (SSSR count). The Kier molecular flexibility index (Phi) is 2.45. The number of hydrogen-bond donors (Lipinski definition) is 0. The maximum Gasteiger partial charge on any atom is 0.201 e. The van der Waals surface area contributed by atoms with Crippen molar-refractivity contribution in [1.82, 2.24) is 4.98 Å². The molecule has 0 radical (unpaired) electrons. The smallest absolute Gasteiger partial charge is 0.201 e. The minimum absolute atomic E-state index is 0.0162. The molecule has 1 aromatic heterocycles. The van der Waals surface area contributed by atoms with Crippen LogP contribution in [0.1, 0.15) is 5.89 Å². The summed E-state index contributed by atoms with van der Waals surface area (Å²) in [7, 11) is 0. The zero-order chi connectivity index (χ0) is 7.40. The number of ketones is 1. The number of carbonyl (C=O) groups is 1. The zero-order valence-electron chi connectivity index (χ0n) is 5.21. The van der Waals surface area contributed by atoms with Crippen LogP contribution in [0.3, 0.4) is 0 Å². The van der Waals surface area contributed by atoms with Gasteiger partial charge >= 0.3 is 0 Å². The fraction of sp³-hybridized carbons (Fsp3) is 0.333. The van der Waals surface area contributed by atoms with Gasteiger partial charge in [-0.15, -0.1) is 11.6 Å². The molecule has 54 valence electrons. The molecule has 0 aliphatic carbocycles. The second kappa shape index (κ2) is 3.37. The highest BCUT2D eigenvalue weighted by molar-refractivity contribution is 6.27. The first-order valence-electron chi connectivity index (χ1n) is 2.79. The van der Waals surface area contributed by atoms with Gasteiger partial charge in [0.1, 0.15) is 6.26 Å². The maximum atomic E-state index is 10.6. The highest BCUT2D eigenvalue weighted by Crippen LogP contribution is 1.96. The summed E-state index contributed by atoms with van der Waals surface area (Å²) < 4.78 is 4.82. The lowest BCUT2D eigenvalue weighted by Crippen LogP contribution is -2.03. The standard InChI is InChI=1S/C6H6ClNO2/c7-4-5(9)3-6-8-1-2-10-6/h1-2H,3-4H2. The molecular formula is C6H6ClNO2. The molecule has 0 aromatic carbocycles. The van der Waals surface area contributed by atoms with E-state index in [-0.39, 0.29) is 18.1 Å². The van der Waals surface area contributed by atoms with Crippen LogP contribution < -0.4 is 0 Å². The highest BCUT2D eigenvalue weighted by atomic mass is 35.5. The summed E-state index contributed by atoms with van der Waals surface area (Å²) in [5.41, 5.74) is 0. The number of hydrogen-bond acceptors (Lipinski definition) is 3. The van der Waals surface area contributed by atoms with Crippen LogP contribution in [-0.4, -0.2) is 16.6 Å². The van der Waals surface area contributed by atoms with E-state index in [1.165, 1.54) is 12.5 Å². The first-order valence-corrected chi connectivity index (χ1v) is 3.32. The second-order valence-electron chi connectivity index (χ2n) is 1.77. The molecule has 0 N–H and O–H groups in total. The number of Topliss-reactive ketones (excluding diaryl/α,β-unsaturated/α-hetero) is 1. The predicted octanol–water partition coefficient (Wildman–Crippen LogP) is 1.02. The van der Waals surface area contributed by atoms with E-state index < -0.39 is 0 Å². The summed E-state index contributed by atoms with van der Waals surface area (Å²) >= 11 is 5.25. The molecule has 0 aliphatic heterocycles. The molecule has 0 atom stereocenters. The average Bonchev–Trinajstić information content (AvgIpc) is 2.40. The van der Waals surface area contributed by atoms with Crippen molar-refractivity contribution in [2.45, 2.75) is 6.42 Å². The number of aromatic nitrogens is 1. The van der Waals surface area contributed by atoms with E-state index in [0.29, 0.717) is 5.89 Å². The predicted molar refractivity (Wildman–Crippen MR) is 35.9 cm³/mol. The van der Waals surface area contributed by atoms with E-state index in [1.807, 2.05) is 0 Å². The molecule has 1 heterocycles. The summed E-state index contributed by atoms with van der Waals surface area (Å²) in [6, 6.07) is 0. The number of oxazole rings is 1. The summed E-state index contributed by atoms with van der Waals surface area (Å²) in [5.74, 6) is 0.359. The third kappa shape index (κ3) is 1.84. The minimum Gasteiger partial charge on any atom is -0.449 e. The van der Waals surface area contributed by atoms with Gasteiger partial charge in [-0.05, 0) is 0 Å². The molecule has 0 bridgehead atoms. The Morgan fingerprint density at radius 1 is 1.80 bits per heavy atom. The largest absolute Gasteiger partial charge is 0.449 e. The highest BCUT2D eigenvalue weighted by Gasteiger charge is 2.04. The SMILES string of the molecule is O=C(CCl)Cc1ncco1. The van der Waals surface area contributed by atoms with Crippen LogP contribution in [0.5, 0.6) is 0 Å². The topological polar surface area (TPSA) is 43.1 Å². The van der Waals surface area contributed by atoms with E-state index in [0.717, 1.165) is 0 Å². The molecule has 0 fully saturated rings. The third-order valence-corrected chi connectivity index (χ3v) is 1.28. The lowest BCUT2D eigenvalue weighted by molar-refractivity contribution is -0.116. The Morgan fingerprint density at radius 3 is 3.10 bits per heavy atom. The Hall–Kier alpha value is -0.830. The van der Waals surface area contributed by atoms with Gasteiger partial charge in [-0.1, -0.05) is 0 Å². The number of nitrogens with zero attached hydrogens (tertiary/aromatic N) is 1. The molecule has 1 aromatic rings. The van der Waals surface area contributed by atoms with Gasteiger partial charge in [-0.2, -0.15) is 0 Å². The van der Waals surface area contributed by atoms with E-state index in [1.54, 1.807) is 0 Å². The summed E-state index contributed by atoms with van der Waals surface area (Å²) in [6.07, 6.45) is 3.12. The van der Waals surface area contributed by atoms with Gasteiger partial charge in [-0.25, -0.2) is 4.98 Å². The summed E-state index contributed by atoms with van der Waals surface area (Å²) in [4.78, 5) is 14.4. The minimum atomic E-state index is -0.0795. The maximum absolute atomic E-state index is 10.6. The van der Waals surface area contributed by atoms with Crippen molar-refractivity contribution in [2.75, 3.05) is 5.88 Å². The second-order valence-corrected chi connectivity index (χ2v) is 2.04. The van der Waals surface area contributed by atoms with Crippen LogP contribution >= 0.6 is 11.6 Å². The quantitative estimate of drug-likeness (QED) is 0.619. The van der Waals surface area contributed by atoms with Gasteiger partial charge < -0.3 is 4.42 Å². The Bertz CT molecular complexity index is 208. The number of carbonyl (C=O) groups excluding carboxylic acids is 1. The van der Waals surface area contributed by atoms with Crippen LogP contribution in [0, 0.1) is 0 Å². The molecule has 0 saturated carbocycles. The van der Waals surface area contributed by atoms with Crippen LogP contribution in [0.25, 0.3) is 0 Å². The van der Waals surface area contributed by atoms with Gasteiger partial charge in [0.05, 0.1) is 18.5 Å². The number of halogens is 1. The first-order chi connectivity index (χ1) is 4.83. The monoisotopic (exact) mass is 159 g/mol. The fourth-order valence-electron chi connectivity index (χ4n) is 0.556. The van der Waals surface area contributed by atoms with Crippen LogP contribution in [0.2, 0.25) is 0 Å². The van der Waals surface area contributed by atoms with Crippen LogP contribution in [0.15, 0.2) is 16.9 Å². The molecule has 0 spiro atoms. The molecular weight excluding hydrogens is 154 g/mol. The Balaban J connectivity index is 2.48. The van der Waals surface area contributed by atoms with Crippen molar-refractivity contribution in [2.24, 2.45) is 0 Å². The van der Waals surface area contributed by atoms with Crippen LogP contribution in [-0.2, 0) is 11.2 Å². The van der Waals surface area contributed by atoms with Crippen LogP contribution in [0.4, 0.5) is 0 Å². The fourth-order valence-corrected chi connectivity index (χ4v) is 0.651. The van der Waals surface area contributed by atoms with Gasteiger partial charge in [0.15, 0.2) is 5.78 Å². The van der Waals surface area contributed by atoms with Crippen molar-refractivity contribution in [3.63, 3.8) is 0 Å². The first kappa shape index (κ1) is 7.28. The Morgan fingerprint density at radius 2 is 2.60 bits per heavy atom. The molecule has 0 amide bonds. The van der Waals surface area contributed by atoms with E-state index in [4.69, 9.17) is 16.0 Å². The normalized spacial score (nSPS) is 9.70. The number of alkyl halides is 1. The van der Waals surface area contributed by atoms with Crippen molar-refractivity contribution in [3.05, 3.63) is 18.4 Å². The van der Waals surface area contributed by atoms with Gasteiger partial charge in [-0.3, -0.25) is 4.79 Å². The van der Waals surface area contributed by atoms with Crippen molar-refractivity contribution in [1.29, 1.82) is 0 Å². The van der Waals surface area contributed by atoms with Crippen molar-refractivity contribution >= 4 is 17.4 Å². The van der Waals surface area contributed by atoms with E-state index in [2.05, 4.69) is 4.98 Å². The third-order valence-electron chi connectivity index (χ3n) is 0.981. The summed E-state index contributed by atoms with van der Waals surface area (Å²) in [5, 5.41) is 0. The van der Waals surface area contributed by atoms with E-state index in [9.17, 15) is 4.79 Å².